The summed E-state index contributed by atoms with van der Waals surface area (Å²) in [5.74, 6) is -0.227. The van der Waals surface area contributed by atoms with Crippen molar-refractivity contribution in [3.8, 4) is 10.6 Å². The fourth-order valence-corrected chi connectivity index (χ4v) is 3.05. The third-order valence-electron chi connectivity index (χ3n) is 3.02. The van der Waals surface area contributed by atoms with Gasteiger partial charge in [-0.05, 0) is 30.7 Å². The molecule has 0 aliphatic heterocycles. The summed E-state index contributed by atoms with van der Waals surface area (Å²) in [5, 5.41) is 4.23. The van der Waals surface area contributed by atoms with Gasteiger partial charge in [-0.15, -0.1) is 11.3 Å². The fraction of sp³-hybridized carbons (Fsp3) is 0.438. The first-order valence-corrected chi connectivity index (χ1v) is 7.79. The van der Waals surface area contributed by atoms with Gasteiger partial charge in [0, 0.05) is 30.1 Å². The van der Waals surface area contributed by atoms with Crippen LogP contribution < -0.4 is 5.32 Å². The molecule has 0 radical (unpaired) electrons. The van der Waals surface area contributed by atoms with Gasteiger partial charge in [0.1, 0.15) is 10.8 Å². The number of ether oxygens (including phenoxy) is 1. The van der Waals surface area contributed by atoms with Crippen molar-refractivity contribution in [1.82, 2.24) is 10.3 Å². The van der Waals surface area contributed by atoms with Crippen molar-refractivity contribution < 1.29 is 9.13 Å². The molecule has 0 aliphatic carbocycles. The molecule has 2 aromatic rings. The molecule has 0 bridgehead atoms. The number of methoxy groups -OCH3 is 1. The molecule has 3 nitrogen and oxygen atoms in total. The molecule has 0 aliphatic rings. The Kier molecular flexibility index (Phi) is 5.45. The summed E-state index contributed by atoms with van der Waals surface area (Å²) in [7, 11) is 1.66. The van der Waals surface area contributed by atoms with Crippen molar-refractivity contribution in [3.63, 3.8) is 0 Å². The van der Waals surface area contributed by atoms with E-state index < -0.39 is 0 Å². The van der Waals surface area contributed by atoms with Gasteiger partial charge < -0.3 is 10.1 Å². The predicted molar refractivity (Wildman–Crippen MR) is 84.9 cm³/mol. The van der Waals surface area contributed by atoms with Gasteiger partial charge in [-0.2, -0.15) is 0 Å². The number of rotatable bonds is 6. The summed E-state index contributed by atoms with van der Waals surface area (Å²) in [6.45, 7) is 7.32. The molecular formula is C16H21FN2OS. The third-order valence-corrected chi connectivity index (χ3v) is 4.17. The van der Waals surface area contributed by atoms with Crippen LogP contribution in [0.25, 0.3) is 10.6 Å². The molecule has 21 heavy (non-hydrogen) atoms. The van der Waals surface area contributed by atoms with Gasteiger partial charge in [0.15, 0.2) is 0 Å². The van der Waals surface area contributed by atoms with Crippen LogP contribution in [0.3, 0.4) is 0 Å². The van der Waals surface area contributed by atoms with Crippen molar-refractivity contribution in [2.24, 2.45) is 0 Å². The van der Waals surface area contributed by atoms with Crippen LogP contribution in [0.5, 0.6) is 0 Å². The molecule has 0 amide bonds. The second kappa shape index (κ2) is 7.11. The Morgan fingerprint density at radius 1 is 1.33 bits per heavy atom. The van der Waals surface area contributed by atoms with Gasteiger partial charge >= 0.3 is 0 Å². The molecule has 1 aromatic heterocycles. The normalized spacial score (nSPS) is 11.3. The maximum atomic E-state index is 13.6. The van der Waals surface area contributed by atoms with Crippen LogP contribution in [-0.2, 0) is 17.9 Å². The van der Waals surface area contributed by atoms with E-state index in [2.05, 4.69) is 24.1 Å². The second-order valence-electron chi connectivity index (χ2n) is 5.37. The molecule has 5 heteroatoms. The summed E-state index contributed by atoms with van der Waals surface area (Å²) in [6.07, 6.45) is 0. The maximum Gasteiger partial charge on any atom is 0.124 e. The van der Waals surface area contributed by atoms with Crippen molar-refractivity contribution in [1.29, 1.82) is 0 Å². The standard InChI is InChI=1S/C16H21FN2OS/c1-10(2)18-8-15-14(9-20-4)19-16(21-15)12-5-11(3)6-13(17)7-12/h5-7,10,18H,8-9H2,1-4H3. The first kappa shape index (κ1) is 16.1. The average molecular weight is 308 g/mol. The molecule has 2 rings (SSSR count). The lowest BCUT2D eigenvalue weighted by Gasteiger charge is -2.07. The molecule has 0 spiro atoms. The van der Waals surface area contributed by atoms with Gasteiger partial charge in [-0.25, -0.2) is 9.37 Å². The van der Waals surface area contributed by atoms with Crippen molar-refractivity contribution in [3.05, 3.63) is 40.2 Å². The molecule has 1 N–H and O–H groups in total. The molecule has 0 saturated heterocycles. The minimum absolute atomic E-state index is 0.227. The summed E-state index contributed by atoms with van der Waals surface area (Å²) in [4.78, 5) is 5.76. The van der Waals surface area contributed by atoms with E-state index in [1.165, 1.54) is 12.1 Å². The molecule has 0 saturated carbocycles. The number of aryl methyl sites for hydroxylation is 1. The van der Waals surface area contributed by atoms with Gasteiger partial charge in [-0.1, -0.05) is 13.8 Å². The molecule has 0 atom stereocenters. The quantitative estimate of drug-likeness (QED) is 0.879. The molecule has 1 heterocycles. The monoisotopic (exact) mass is 308 g/mol. The molecule has 1 aromatic carbocycles. The highest BCUT2D eigenvalue weighted by Crippen LogP contribution is 2.30. The zero-order chi connectivity index (χ0) is 15.4. The fourth-order valence-electron chi connectivity index (χ4n) is 2.05. The third kappa shape index (κ3) is 4.33. The highest BCUT2D eigenvalue weighted by atomic mass is 32.1. The molecule has 0 unspecified atom stereocenters. The maximum absolute atomic E-state index is 13.6. The Hall–Kier alpha value is -1.30. The lowest BCUT2D eigenvalue weighted by Crippen LogP contribution is -2.21. The Bertz CT molecular complexity index is 590. The van der Waals surface area contributed by atoms with Gasteiger partial charge in [0.25, 0.3) is 0 Å². The van der Waals surface area contributed by atoms with E-state index in [0.717, 1.165) is 33.3 Å². The smallest absolute Gasteiger partial charge is 0.124 e. The van der Waals surface area contributed by atoms with Crippen LogP contribution in [0.2, 0.25) is 0 Å². The van der Waals surface area contributed by atoms with E-state index >= 15 is 0 Å². The van der Waals surface area contributed by atoms with E-state index in [4.69, 9.17) is 4.74 Å². The second-order valence-corrected chi connectivity index (χ2v) is 6.46. The topological polar surface area (TPSA) is 34.1 Å². The van der Waals surface area contributed by atoms with Crippen molar-refractivity contribution in [2.75, 3.05) is 7.11 Å². The van der Waals surface area contributed by atoms with Crippen LogP contribution in [0.15, 0.2) is 18.2 Å². The Balaban J connectivity index is 2.33. The molecular weight excluding hydrogens is 287 g/mol. The minimum Gasteiger partial charge on any atom is -0.378 e. The van der Waals surface area contributed by atoms with Crippen LogP contribution in [0.1, 0.15) is 30.0 Å². The van der Waals surface area contributed by atoms with E-state index in [1.54, 1.807) is 18.4 Å². The number of hydrogen-bond donors (Lipinski definition) is 1. The van der Waals surface area contributed by atoms with E-state index in [-0.39, 0.29) is 5.82 Å². The number of hydrogen-bond acceptors (Lipinski definition) is 4. The SMILES string of the molecule is COCc1nc(-c2cc(C)cc(F)c2)sc1CNC(C)C. The Labute approximate surface area is 129 Å². The van der Waals surface area contributed by atoms with Crippen LogP contribution in [-0.4, -0.2) is 18.1 Å². The first-order valence-electron chi connectivity index (χ1n) is 6.98. The van der Waals surface area contributed by atoms with Gasteiger partial charge in [-0.3, -0.25) is 0 Å². The van der Waals surface area contributed by atoms with Crippen molar-refractivity contribution in [2.45, 2.75) is 40.0 Å². The number of nitrogens with one attached hydrogen (secondary N) is 1. The molecule has 0 fully saturated rings. The van der Waals surface area contributed by atoms with E-state index in [0.29, 0.717) is 12.6 Å². The highest BCUT2D eigenvalue weighted by Gasteiger charge is 2.13. The number of thiazole rings is 1. The van der Waals surface area contributed by atoms with Gasteiger partial charge in [0.05, 0.1) is 12.3 Å². The largest absolute Gasteiger partial charge is 0.378 e. The Morgan fingerprint density at radius 2 is 2.10 bits per heavy atom. The number of aromatic nitrogens is 1. The summed E-state index contributed by atoms with van der Waals surface area (Å²) >= 11 is 1.59. The average Bonchev–Trinajstić information content (AvgIpc) is 2.79. The zero-order valence-corrected chi connectivity index (χ0v) is 13.7. The summed E-state index contributed by atoms with van der Waals surface area (Å²) < 4.78 is 18.8. The van der Waals surface area contributed by atoms with E-state index in [1.807, 2.05) is 13.0 Å². The molecule has 114 valence electrons. The van der Waals surface area contributed by atoms with Crippen LogP contribution in [0, 0.1) is 12.7 Å². The summed E-state index contributed by atoms with van der Waals surface area (Å²) in [5.41, 5.74) is 2.65. The lowest BCUT2D eigenvalue weighted by molar-refractivity contribution is 0.181. The lowest BCUT2D eigenvalue weighted by atomic mass is 10.1. The minimum atomic E-state index is -0.227. The summed E-state index contributed by atoms with van der Waals surface area (Å²) in [6, 6.07) is 5.41. The predicted octanol–water partition coefficient (Wildman–Crippen LogP) is 3.90. The van der Waals surface area contributed by atoms with Crippen LogP contribution >= 0.6 is 11.3 Å². The van der Waals surface area contributed by atoms with Crippen molar-refractivity contribution >= 4 is 11.3 Å². The first-order chi connectivity index (χ1) is 9.99. The highest BCUT2D eigenvalue weighted by molar-refractivity contribution is 7.15. The van der Waals surface area contributed by atoms with Gasteiger partial charge in [0.2, 0.25) is 0 Å². The number of nitrogens with zero attached hydrogens (tertiary/aromatic N) is 1. The number of halogens is 1. The number of benzene rings is 1. The van der Waals surface area contributed by atoms with Crippen LogP contribution in [0.4, 0.5) is 4.39 Å². The Morgan fingerprint density at radius 3 is 2.71 bits per heavy atom. The van der Waals surface area contributed by atoms with E-state index in [9.17, 15) is 4.39 Å². The zero-order valence-electron chi connectivity index (χ0n) is 12.9.